The summed E-state index contributed by atoms with van der Waals surface area (Å²) in [6.07, 6.45) is 2.21. The molecule has 1 atom stereocenters. The van der Waals surface area contributed by atoms with Gasteiger partial charge in [-0.05, 0) is 98.4 Å². The molecule has 10 heteroatoms. The molecule has 4 aromatic rings. The highest BCUT2D eigenvalue weighted by Gasteiger charge is 2.32. The highest BCUT2D eigenvalue weighted by molar-refractivity contribution is 6.05. The summed E-state index contributed by atoms with van der Waals surface area (Å²) >= 11 is 0. The van der Waals surface area contributed by atoms with Crippen LogP contribution in [0.15, 0.2) is 73.2 Å². The van der Waals surface area contributed by atoms with E-state index in [1.165, 1.54) is 6.07 Å². The number of amides is 1. The van der Waals surface area contributed by atoms with Crippen LogP contribution in [0.4, 0.5) is 30.5 Å². The summed E-state index contributed by atoms with van der Waals surface area (Å²) in [6.45, 7) is 6.41. The molecule has 2 aromatic carbocycles. The first-order chi connectivity index (χ1) is 19.7. The number of pyridine rings is 1. The number of halogens is 3. The Labute approximate surface area is 236 Å². The van der Waals surface area contributed by atoms with E-state index in [0.29, 0.717) is 29.4 Å². The van der Waals surface area contributed by atoms with E-state index >= 15 is 0 Å². The number of aromatic nitrogens is 3. The monoisotopic (exact) mass is 560 g/mol. The SMILES string of the molecule is CCN1CCCC(c2cc(NC(=O)c3ccc(C)c(Nc4nccc(-c5cccnc5)n4)c3)cc(C(F)(F)F)c2)C1. The van der Waals surface area contributed by atoms with E-state index in [0.717, 1.165) is 43.1 Å². The predicted octanol–water partition coefficient (Wildman–Crippen LogP) is 7.06. The van der Waals surface area contributed by atoms with Crippen LogP contribution in [-0.2, 0) is 6.18 Å². The number of alkyl halides is 3. The summed E-state index contributed by atoms with van der Waals surface area (Å²) in [7, 11) is 0. The number of carbonyl (C=O) groups excluding carboxylic acids is 1. The number of piperidine rings is 1. The van der Waals surface area contributed by atoms with Crippen LogP contribution in [0, 0.1) is 6.92 Å². The molecule has 3 heterocycles. The van der Waals surface area contributed by atoms with Gasteiger partial charge < -0.3 is 15.5 Å². The number of nitrogens with zero attached hydrogens (tertiary/aromatic N) is 4. The van der Waals surface area contributed by atoms with Crippen LogP contribution in [0.5, 0.6) is 0 Å². The molecular formula is C31H31F3N6O. The number of nitrogens with one attached hydrogen (secondary N) is 2. The number of hydrogen-bond acceptors (Lipinski definition) is 6. The maximum Gasteiger partial charge on any atom is 0.416 e. The summed E-state index contributed by atoms with van der Waals surface area (Å²) < 4.78 is 41.4. The number of benzene rings is 2. The number of anilines is 3. The largest absolute Gasteiger partial charge is 0.416 e. The van der Waals surface area contributed by atoms with Gasteiger partial charge in [0.1, 0.15) is 0 Å². The van der Waals surface area contributed by atoms with Gasteiger partial charge in [-0.3, -0.25) is 9.78 Å². The average Bonchev–Trinajstić information content (AvgIpc) is 2.98. The summed E-state index contributed by atoms with van der Waals surface area (Å²) in [5, 5.41) is 5.85. The molecule has 0 aliphatic carbocycles. The Morgan fingerprint density at radius 3 is 2.71 bits per heavy atom. The molecule has 1 fully saturated rings. The van der Waals surface area contributed by atoms with Gasteiger partial charge in [0.25, 0.3) is 5.91 Å². The van der Waals surface area contributed by atoms with Crippen LogP contribution in [0.3, 0.4) is 0 Å². The third-order valence-electron chi connectivity index (χ3n) is 7.32. The van der Waals surface area contributed by atoms with Crippen molar-refractivity contribution in [3.8, 4) is 11.3 Å². The van der Waals surface area contributed by atoms with Crippen molar-refractivity contribution in [1.82, 2.24) is 19.9 Å². The molecule has 2 N–H and O–H groups in total. The van der Waals surface area contributed by atoms with Crippen LogP contribution in [-0.4, -0.2) is 45.4 Å². The van der Waals surface area contributed by atoms with Crippen molar-refractivity contribution < 1.29 is 18.0 Å². The number of aryl methyl sites for hydroxylation is 1. The van der Waals surface area contributed by atoms with E-state index < -0.39 is 17.6 Å². The van der Waals surface area contributed by atoms with E-state index in [-0.39, 0.29) is 17.2 Å². The fourth-order valence-corrected chi connectivity index (χ4v) is 5.05. The second kappa shape index (κ2) is 12.1. The third-order valence-corrected chi connectivity index (χ3v) is 7.32. The first-order valence-corrected chi connectivity index (χ1v) is 13.6. The van der Waals surface area contributed by atoms with Crippen molar-refractivity contribution >= 4 is 23.2 Å². The van der Waals surface area contributed by atoms with Gasteiger partial charge in [-0.15, -0.1) is 0 Å². The minimum Gasteiger partial charge on any atom is -0.324 e. The number of carbonyl (C=O) groups is 1. The summed E-state index contributed by atoms with van der Waals surface area (Å²) in [5.41, 5.74) is 3.19. The number of rotatable bonds is 7. The molecule has 0 saturated carbocycles. The van der Waals surface area contributed by atoms with Crippen LogP contribution >= 0.6 is 0 Å². The molecular weight excluding hydrogens is 529 g/mol. The zero-order chi connectivity index (χ0) is 29.0. The van der Waals surface area contributed by atoms with Crippen molar-refractivity contribution in [3.05, 3.63) is 95.4 Å². The standard InChI is InChI=1S/C31H31F3N6O/c1-3-40-13-5-7-23(19-40)24-14-25(31(32,33)34)17-26(15-24)37-29(41)21-9-8-20(2)28(16-21)39-30-36-12-10-27(38-30)22-6-4-11-35-18-22/h4,6,8-12,14-18,23H,3,5,7,13,19H2,1-2H3,(H,37,41)(H,36,38,39). The maximum absolute atomic E-state index is 13.8. The van der Waals surface area contributed by atoms with Crippen LogP contribution in [0.1, 0.15) is 52.7 Å². The van der Waals surface area contributed by atoms with Crippen LogP contribution in [0.2, 0.25) is 0 Å². The highest BCUT2D eigenvalue weighted by Crippen LogP contribution is 2.36. The van der Waals surface area contributed by atoms with Gasteiger partial charge in [0.05, 0.1) is 11.3 Å². The zero-order valence-electron chi connectivity index (χ0n) is 22.9. The van der Waals surface area contributed by atoms with Gasteiger partial charge in [-0.1, -0.05) is 13.0 Å². The quantitative estimate of drug-likeness (QED) is 0.252. The van der Waals surface area contributed by atoms with Crippen LogP contribution in [0.25, 0.3) is 11.3 Å². The van der Waals surface area contributed by atoms with Crippen molar-refractivity contribution in [2.75, 3.05) is 30.3 Å². The first kappa shape index (κ1) is 28.2. The van der Waals surface area contributed by atoms with Gasteiger partial charge in [0, 0.05) is 47.6 Å². The van der Waals surface area contributed by atoms with E-state index in [9.17, 15) is 18.0 Å². The van der Waals surface area contributed by atoms with Gasteiger partial charge in [-0.2, -0.15) is 13.2 Å². The van der Waals surface area contributed by atoms with Gasteiger partial charge in [0.15, 0.2) is 0 Å². The fraction of sp³-hybridized carbons (Fsp3) is 0.290. The Bertz CT molecular complexity index is 1530. The molecule has 5 rings (SSSR count). The van der Waals surface area contributed by atoms with Gasteiger partial charge in [-0.25, -0.2) is 9.97 Å². The third kappa shape index (κ3) is 6.89. The van der Waals surface area contributed by atoms with E-state index in [1.807, 2.05) is 19.1 Å². The summed E-state index contributed by atoms with van der Waals surface area (Å²) in [6, 6.07) is 14.4. The molecule has 0 spiro atoms. The minimum absolute atomic E-state index is 0.0285. The Hall–Kier alpha value is -4.31. The lowest BCUT2D eigenvalue weighted by atomic mass is 9.89. The molecule has 1 aliphatic heterocycles. The lowest BCUT2D eigenvalue weighted by Crippen LogP contribution is -2.34. The first-order valence-electron chi connectivity index (χ1n) is 13.6. The molecule has 1 unspecified atom stereocenters. The Balaban J connectivity index is 1.38. The Morgan fingerprint density at radius 2 is 1.95 bits per heavy atom. The highest BCUT2D eigenvalue weighted by atomic mass is 19.4. The zero-order valence-corrected chi connectivity index (χ0v) is 22.9. The second-order valence-electron chi connectivity index (χ2n) is 10.2. The van der Waals surface area contributed by atoms with Gasteiger partial charge >= 0.3 is 6.18 Å². The molecule has 0 radical (unpaired) electrons. The molecule has 1 amide bonds. The number of likely N-dealkylation sites (N-methyl/N-ethyl adjacent to an activating group) is 1. The summed E-state index contributed by atoms with van der Waals surface area (Å²) in [5.74, 6) is -0.204. The number of likely N-dealkylation sites (tertiary alicyclic amines) is 1. The average molecular weight is 561 g/mol. The lowest BCUT2D eigenvalue weighted by molar-refractivity contribution is -0.137. The van der Waals surface area contributed by atoms with Crippen molar-refractivity contribution in [2.45, 2.75) is 38.8 Å². The van der Waals surface area contributed by atoms with Crippen molar-refractivity contribution in [3.63, 3.8) is 0 Å². The van der Waals surface area contributed by atoms with E-state index in [4.69, 9.17) is 0 Å². The van der Waals surface area contributed by atoms with Gasteiger partial charge in [0.2, 0.25) is 5.95 Å². The topological polar surface area (TPSA) is 83.0 Å². The second-order valence-corrected chi connectivity index (χ2v) is 10.2. The molecule has 1 aliphatic rings. The molecule has 2 aromatic heterocycles. The summed E-state index contributed by atoms with van der Waals surface area (Å²) in [4.78, 5) is 28.4. The van der Waals surface area contributed by atoms with E-state index in [2.05, 4.69) is 37.4 Å². The molecule has 1 saturated heterocycles. The maximum atomic E-state index is 13.8. The number of hydrogen-bond donors (Lipinski definition) is 2. The molecule has 7 nitrogen and oxygen atoms in total. The predicted molar refractivity (Wildman–Crippen MR) is 153 cm³/mol. The molecule has 41 heavy (non-hydrogen) atoms. The van der Waals surface area contributed by atoms with Crippen LogP contribution < -0.4 is 10.6 Å². The van der Waals surface area contributed by atoms with Crippen molar-refractivity contribution in [2.24, 2.45) is 0 Å². The molecule has 0 bridgehead atoms. The minimum atomic E-state index is -4.53. The lowest BCUT2D eigenvalue weighted by Gasteiger charge is -2.32. The Morgan fingerprint density at radius 1 is 1.10 bits per heavy atom. The van der Waals surface area contributed by atoms with E-state index in [1.54, 1.807) is 48.9 Å². The smallest absolute Gasteiger partial charge is 0.324 e. The fourth-order valence-electron chi connectivity index (χ4n) is 5.05. The normalized spacial score (nSPS) is 15.9. The molecule has 212 valence electrons. The van der Waals surface area contributed by atoms with Crippen molar-refractivity contribution in [1.29, 1.82) is 0 Å². The Kier molecular flexibility index (Phi) is 8.30.